The lowest BCUT2D eigenvalue weighted by Crippen LogP contribution is -2.05. The number of H-pyrrole nitrogens is 2. The van der Waals surface area contributed by atoms with E-state index in [-0.39, 0.29) is 0 Å². The second-order valence-electron chi connectivity index (χ2n) is 7.51. The minimum absolute atomic E-state index is 0.716. The minimum Gasteiger partial charge on any atom is -0.368 e. The number of aryl methyl sites for hydroxylation is 4. The van der Waals surface area contributed by atoms with Gasteiger partial charge < -0.3 is 20.6 Å². The molecule has 0 fully saturated rings. The highest BCUT2D eigenvalue weighted by Crippen LogP contribution is 2.18. The molecule has 10 heteroatoms. The first kappa shape index (κ1) is 23.1. The van der Waals surface area contributed by atoms with E-state index in [9.17, 15) is 0 Å². The molecule has 0 bridgehead atoms. The molecule has 4 heterocycles. The molecule has 0 saturated heterocycles. The number of rotatable bonds is 7. The van der Waals surface area contributed by atoms with E-state index < -0.39 is 0 Å². The third-order valence-electron chi connectivity index (χ3n) is 4.61. The van der Waals surface area contributed by atoms with Crippen LogP contribution in [0.15, 0.2) is 12.2 Å². The van der Waals surface area contributed by atoms with Gasteiger partial charge in [0.2, 0.25) is 0 Å². The zero-order valence-corrected chi connectivity index (χ0v) is 19.7. The molecule has 4 rings (SSSR count). The summed E-state index contributed by atoms with van der Waals surface area (Å²) in [5.41, 5.74) is 3.23. The van der Waals surface area contributed by atoms with E-state index in [0.717, 1.165) is 71.1 Å². The number of hydrogen-bond acceptors (Lipinski definition) is 8. The molecule has 0 amide bonds. The van der Waals surface area contributed by atoms with E-state index in [4.69, 9.17) is 0 Å². The van der Waals surface area contributed by atoms with Crippen LogP contribution < -0.4 is 10.6 Å². The fraction of sp³-hybridized carbons (Fsp3) is 0.455. The maximum Gasteiger partial charge on any atom is 0.183 e. The van der Waals surface area contributed by atoms with Crippen molar-refractivity contribution >= 4 is 34.0 Å². The lowest BCUT2D eigenvalue weighted by atomic mass is 10.3. The van der Waals surface area contributed by atoms with Gasteiger partial charge in [-0.3, -0.25) is 0 Å². The van der Waals surface area contributed by atoms with E-state index in [1.807, 2.05) is 46.8 Å². The molecule has 4 aromatic rings. The third-order valence-corrected chi connectivity index (χ3v) is 4.61. The third kappa shape index (κ3) is 5.77. The van der Waals surface area contributed by atoms with Crippen LogP contribution in [0.4, 0.5) is 11.6 Å². The summed E-state index contributed by atoms with van der Waals surface area (Å²) in [6, 6.07) is 0. The van der Waals surface area contributed by atoms with Gasteiger partial charge in [0.15, 0.2) is 22.9 Å². The molecular formula is C22H32N10. The molecule has 0 aliphatic carbocycles. The van der Waals surface area contributed by atoms with Crippen molar-refractivity contribution < 1.29 is 0 Å². The number of imidazole rings is 2. The van der Waals surface area contributed by atoms with Gasteiger partial charge >= 0.3 is 0 Å². The number of nitrogens with one attached hydrogen (secondary N) is 4. The zero-order chi connectivity index (χ0) is 23.1. The molecule has 0 saturated carbocycles. The summed E-state index contributed by atoms with van der Waals surface area (Å²) in [6.07, 6.45) is 6.34. The van der Waals surface area contributed by atoms with Crippen molar-refractivity contribution in [2.24, 2.45) is 0 Å². The van der Waals surface area contributed by atoms with E-state index >= 15 is 0 Å². The van der Waals surface area contributed by atoms with Gasteiger partial charge in [-0.2, -0.15) is 0 Å². The Morgan fingerprint density at radius 1 is 0.750 bits per heavy atom. The Morgan fingerprint density at radius 2 is 1.28 bits per heavy atom. The minimum atomic E-state index is 0.716. The highest BCUT2D eigenvalue weighted by atomic mass is 15.1. The van der Waals surface area contributed by atoms with Crippen LogP contribution in [-0.2, 0) is 0 Å². The molecule has 0 aromatic carbocycles. The van der Waals surface area contributed by atoms with Crippen molar-refractivity contribution in [1.82, 2.24) is 39.9 Å². The highest BCUT2D eigenvalue weighted by molar-refractivity contribution is 5.83. The van der Waals surface area contributed by atoms with Gasteiger partial charge in [-0.1, -0.05) is 25.5 Å². The Balaban J connectivity index is 0.000000181. The second-order valence-corrected chi connectivity index (χ2v) is 7.51. The topological polar surface area (TPSA) is 133 Å². The monoisotopic (exact) mass is 436 g/mol. The van der Waals surface area contributed by atoms with E-state index in [0.29, 0.717) is 5.65 Å². The van der Waals surface area contributed by atoms with Gasteiger partial charge in [-0.15, -0.1) is 0 Å². The zero-order valence-electron chi connectivity index (χ0n) is 19.7. The maximum absolute atomic E-state index is 4.39. The first-order valence-corrected chi connectivity index (χ1v) is 10.9. The van der Waals surface area contributed by atoms with Crippen LogP contribution in [-0.4, -0.2) is 53.0 Å². The van der Waals surface area contributed by atoms with Crippen LogP contribution in [0.5, 0.6) is 0 Å². The number of unbranched alkanes of at least 4 members (excludes halogenated alkanes) is 1. The molecule has 170 valence electrons. The molecule has 32 heavy (non-hydrogen) atoms. The summed E-state index contributed by atoms with van der Waals surface area (Å²) in [4.78, 5) is 32.3. The van der Waals surface area contributed by atoms with Crippen LogP contribution in [0.25, 0.3) is 22.3 Å². The number of aromatic amines is 2. The van der Waals surface area contributed by atoms with Crippen molar-refractivity contribution in [2.45, 2.75) is 54.4 Å². The lowest BCUT2D eigenvalue weighted by Gasteiger charge is -2.05. The highest BCUT2D eigenvalue weighted by Gasteiger charge is 2.09. The molecule has 0 aliphatic rings. The molecule has 10 nitrogen and oxygen atoms in total. The molecule has 0 unspecified atom stereocenters. The van der Waals surface area contributed by atoms with Crippen molar-refractivity contribution in [3.63, 3.8) is 0 Å². The number of hydrogen-bond donors (Lipinski definition) is 4. The molecule has 0 spiro atoms. The predicted octanol–water partition coefficient (Wildman–Crippen LogP) is 4.14. The molecule has 0 aliphatic heterocycles. The fourth-order valence-electron chi connectivity index (χ4n) is 3.16. The summed E-state index contributed by atoms with van der Waals surface area (Å²) in [6.45, 7) is 13.4. The summed E-state index contributed by atoms with van der Waals surface area (Å²) in [5, 5.41) is 6.55. The van der Waals surface area contributed by atoms with Crippen molar-refractivity contribution in [3.05, 3.63) is 35.4 Å². The predicted molar refractivity (Wildman–Crippen MR) is 129 cm³/mol. The Morgan fingerprint density at radius 3 is 1.78 bits per heavy atom. The van der Waals surface area contributed by atoms with Crippen LogP contribution in [0.3, 0.4) is 0 Å². The first-order valence-electron chi connectivity index (χ1n) is 10.9. The lowest BCUT2D eigenvalue weighted by molar-refractivity contribution is 0.830. The van der Waals surface area contributed by atoms with Gasteiger partial charge in [0, 0.05) is 13.1 Å². The van der Waals surface area contributed by atoms with Crippen LogP contribution in [0.2, 0.25) is 0 Å². The SMILES string of the molecule is C/C=C/CNc1nc(C)nc2nc(C)[nH]c12.CCCCNc1nc(C)nc2nc(C)[nH]c12. The Bertz CT molecular complexity index is 1200. The Kier molecular flexibility index (Phi) is 7.69. The molecular weight excluding hydrogens is 404 g/mol. The first-order chi connectivity index (χ1) is 15.4. The average molecular weight is 437 g/mol. The van der Waals surface area contributed by atoms with E-state index in [1.54, 1.807) is 0 Å². The smallest absolute Gasteiger partial charge is 0.183 e. The average Bonchev–Trinajstić information content (AvgIpc) is 3.29. The summed E-state index contributed by atoms with van der Waals surface area (Å²) in [7, 11) is 0. The van der Waals surface area contributed by atoms with Crippen molar-refractivity contribution in [3.8, 4) is 0 Å². The molecule has 4 aromatic heterocycles. The van der Waals surface area contributed by atoms with E-state index in [2.05, 4.69) is 57.4 Å². The Labute approximate surface area is 187 Å². The van der Waals surface area contributed by atoms with Crippen molar-refractivity contribution in [2.75, 3.05) is 23.7 Å². The Hall–Kier alpha value is -3.56. The number of anilines is 2. The molecule has 0 radical (unpaired) electrons. The van der Waals surface area contributed by atoms with Crippen LogP contribution >= 0.6 is 0 Å². The van der Waals surface area contributed by atoms with E-state index in [1.165, 1.54) is 6.42 Å². The van der Waals surface area contributed by atoms with Crippen LogP contribution in [0.1, 0.15) is 50.0 Å². The van der Waals surface area contributed by atoms with Gasteiger partial charge in [0.25, 0.3) is 0 Å². The van der Waals surface area contributed by atoms with Crippen LogP contribution in [0, 0.1) is 27.7 Å². The summed E-state index contributed by atoms with van der Waals surface area (Å²) in [5.74, 6) is 4.86. The number of allylic oxidation sites excluding steroid dienone is 1. The standard InChI is InChI=1S/C11H17N5.C11H15N5/c2*1-4-5-6-12-10-9-11(15-7(2)13-9)16-8(3)14-10/h4-6H2,1-3H3,(H2,12,13,14,15,16);4-5H,6H2,1-3H3,(H2,12,13,14,15,16)/b;5-4+. The van der Waals surface area contributed by atoms with Gasteiger partial charge in [0.05, 0.1) is 0 Å². The quantitative estimate of drug-likeness (QED) is 0.251. The largest absolute Gasteiger partial charge is 0.368 e. The van der Waals surface area contributed by atoms with Gasteiger partial charge in [-0.25, -0.2) is 29.9 Å². The molecule has 0 atom stereocenters. The number of aromatic nitrogens is 8. The molecule has 4 N–H and O–H groups in total. The van der Waals surface area contributed by atoms with Crippen molar-refractivity contribution in [1.29, 1.82) is 0 Å². The summed E-state index contributed by atoms with van der Waals surface area (Å²) >= 11 is 0. The van der Waals surface area contributed by atoms with Gasteiger partial charge in [0.1, 0.15) is 34.3 Å². The second kappa shape index (κ2) is 10.7. The fourth-order valence-corrected chi connectivity index (χ4v) is 3.16. The summed E-state index contributed by atoms with van der Waals surface area (Å²) < 4.78 is 0. The number of nitrogens with zero attached hydrogens (tertiary/aromatic N) is 6. The normalized spacial score (nSPS) is 11.2. The number of fused-ring (bicyclic) bond motifs is 2. The van der Waals surface area contributed by atoms with Gasteiger partial charge in [-0.05, 0) is 41.0 Å². The maximum atomic E-state index is 4.39.